The lowest BCUT2D eigenvalue weighted by molar-refractivity contribution is -0.0548. The number of piperidine rings is 1. The van der Waals surface area contributed by atoms with Crippen molar-refractivity contribution in [1.82, 2.24) is 5.32 Å². The highest BCUT2D eigenvalue weighted by Gasteiger charge is 2.15. The summed E-state index contributed by atoms with van der Waals surface area (Å²) in [4.78, 5) is 0. The summed E-state index contributed by atoms with van der Waals surface area (Å²) in [6, 6.07) is 17.1. The molecule has 2 unspecified atom stereocenters. The quantitative estimate of drug-likeness (QED) is 0.744. The SMILES string of the molecule is CCC(OC)Oc1ccc(-c2ccccc2CC2CCCNC2)cc1. The summed E-state index contributed by atoms with van der Waals surface area (Å²) < 4.78 is 11.1. The molecule has 1 saturated heterocycles. The van der Waals surface area contributed by atoms with Crippen LogP contribution in [0.5, 0.6) is 5.75 Å². The summed E-state index contributed by atoms with van der Waals surface area (Å²) in [5.41, 5.74) is 4.02. The van der Waals surface area contributed by atoms with Crippen LogP contribution in [0.25, 0.3) is 11.1 Å². The summed E-state index contributed by atoms with van der Waals surface area (Å²) in [5.74, 6) is 1.59. The summed E-state index contributed by atoms with van der Waals surface area (Å²) in [5, 5.41) is 3.52. The number of nitrogens with one attached hydrogen (secondary N) is 1. The molecule has 2 aromatic rings. The molecule has 0 aromatic heterocycles. The molecule has 1 aliphatic rings. The summed E-state index contributed by atoms with van der Waals surface area (Å²) in [6.45, 7) is 4.36. The van der Waals surface area contributed by atoms with Crippen molar-refractivity contribution in [3.63, 3.8) is 0 Å². The second-order valence-corrected chi connectivity index (χ2v) is 6.79. The van der Waals surface area contributed by atoms with Crippen LogP contribution in [0.4, 0.5) is 0 Å². The van der Waals surface area contributed by atoms with Gasteiger partial charge < -0.3 is 14.8 Å². The maximum absolute atomic E-state index is 5.82. The number of benzene rings is 2. The Bertz CT molecular complexity index is 643. The maximum atomic E-state index is 5.82. The van der Waals surface area contributed by atoms with E-state index in [4.69, 9.17) is 9.47 Å². The average Bonchev–Trinajstić information content (AvgIpc) is 2.68. The first-order chi connectivity index (χ1) is 12.3. The zero-order valence-electron chi connectivity index (χ0n) is 15.3. The number of rotatable bonds is 7. The lowest BCUT2D eigenvalue weighted by Gasteiger charge is -2.24. The molecule has 1 fully saturated rings. The monoisotopic (exact) mass is 339 g/mol. The Morgan fingerprint density at radius 1 is 1.12 bits per heavy atom. The van der Waals surface area contributed by atoms with E-state index in [-0.39, 0.29) is 6.29 Å². The zero-order chi connectivity index (χ0) is 17.5. The zero-order valence-corrected chi connectivity index (χ0v) is 15.3. The van der Waals surface area contributed by atoms with Crippen LogP contribution in [-0.2, 0) is 11.2 Å². The minimum atomic E-state index is -0.183. The number of ether oxygens (including phenoxy) is 2. The smallest absolute Gasteiger partial charge is 0.199 e. The molecule has 0 bridgehead atoms. The highest BCUT2D eigenvalue weighted by Crippen LogP contribution is 2.29. The lowest BCUT2D eigenvalue weighted by Crippen LogP contribution is -2.30. The van der Waals surface area contributed by atoms with Crippen molar-refractivity contribution in [2.24, 2.45) is 5.92 Å². The van der Waals surface area contributed by atoms with Gasteiger partial charge in [-0.2, -0.15) is 0 Å². The van der Waals surface area contributed by atoms with Crippen LogP contribution in [0.3, 0.4) is 0 Å². The van der Waals surface area contributed by atoms with Crippen LogP contribution >= 0.6 is 0 Å². The van der Waals surface area contributed by atoms with Crippen molar-refractivity contribution in [3.8, 4) is 16.9 Å². The van der Waals surface area contributed by atoms with Gasteiger partial charge in [-0.25, -0.2) is 0 Å². The maximum Gasteiger partial charge on any atom is 0.199 e. The van der Waals surface area contributed by atoms with E-state index >= 15 is 0 Å². The van der Waals surface area contributed by atoms with Gasteiger partial charge in [0.2, 0.25) is 0 Å². The van der Waals surface area contributed by atoms with E-state index in [0.717, 1.165) is 31.1 Å². The van der Waals surface area contributed by atoms with Gasteiger partial charge in [0.25, 0.3) is 0 Å². The van der Waals surface area contributed by atoms with Gasteiger partial charge in [-0.15, -0.1) is 0 Å². The van der Waals surface area contributed by atoms with Gasteiger partial charge in [0.15, 0.2) is 6.29 Å². The van der Waals surface area contributed by atoms with E-state index < -0.39 is 0 Å². The van der Waals surface area contributed by atoms with E-state index in [1.807, 2.05) is 12.1 Å². The molecule has 2 aromatic carbocycles. The first-order valence-electron chi connectivity index (χ1n) is 9.38. The summed E-state index contributed by atoms with van der Waals surface area (Å²) >= 11 is 0. The van der Waals surface area contributed by atoms with Crippen LogP contribution < -0.4 is 10.1 Å². The second-order valence-electron chi connectivity index (χ2n) is 6.79. The van der Waals surface area contributed by atoms with Gasteiger partial charge in [-0.05, 0) is 67.1 Å². The number of methoxy groups -OCH3 is 1. The van der Waals surface area contributed by atoms with Gasteiger partial charge in [-0.1, -0.05) is 43.3 Å². The molecule has 3 heteroatoms. The minimum Gasteiger partial charge on any atom is -0.465 e. The standard InChI is InChI=1S/C22H29NO2/c1-3-22(24-2)25-20-12-10-18(11-13-20)21-9-5-4-8-19(21)15-17-7-6-14-23-16-17/h4-5,8-13,17,22-23H,3,6-7,14-16H2,1-2H3. The van der Waals surface area contributed by atoms with Crippen LogP contribution in [-0.4, -0.2) is 26.5 Å². The minimum absolute atomic E-state index is 0.183. The first-order valence-corrected chi connectivity index (χ1v) is 9.38. The predicted molar refractivity (Wildman–Crippen MR) is 103 cm³/mol. The highest BCUT2D eigenvalue weighted by molar-refractivity contribution is 5.68. The molecule has 1 heterocycles. The third kappa shape index (κ3) is 4.83. The van der Waals surface area contributed by atoms with Gasteiger partial charge in [0, 0.05) is 13.5 Å². The highest BCUT2D eigenvalue weighted by atomic mass is 16.7. The Hall–Kier alpha value is -1.84. The summed E-state index contributed by atoms with van der Waals surface area (Å²) in [6.07, 6.45) is 4.40. The normalized spacial score (nSPS) is 18.7. The van der Waals surface area contributed by atoms with Gasteiger partial charge in [-0.3, -0.25) is 0 Å². The second kappa shape index (κ2) is 9.02. The van der Waals surface area contributed by atoms with Crippen LogP contribution in [0.2, 0.25) is 0 Å². The molecule has 1 aliphatic heterocycles. The molecule has 1 N–H and O–H groups in total. The molecule has 134 valence electrons. The fourth-order valence-corrected chi connectivity index (χ4v) is 3.55. The van der Waals surface area contributed by atoms with E-state index in [2.05, 4.69) is 48.6 Å². The van der Waals surface area contributed by atoms with E-state index in [1.165, 1.54) is 36.1 Å². The third-order valence-electron chi connectivity index (χ3n) is 4.95. The van der Waals surface area contributed by atoms with E-state index in [9.17, 15) is 0 Å². The van der Waals surface area contributed by atoms with Crippen LogP contribution in [0.15, 0.2) is 48.5 Å². The number of hydrogen-bond donors (Lipinski definition) is 1. The van der Waals surface area contributed by atoms with Crippen molar-refractivity contribution in [1.29, 1.82) is 0 Å². The van der Waals surface area contributed by atoms with E-state index in [0.29, 0.717) is 0 Å². The fourth-order valence-electron chi connectivity index (χ4n) is 3.55. The van der Waals surface area contributed by atoms with Gasteiger partial charge in [0.1, 0.15) is 5.75 Å². The van der Waals surface area contributed by atoms with Gasteiger partial charge >= 0.3 is 0 Å². The van der Waals surface area contributed by atoms with Crippen molar-refractivity contribution < 1.29 is 9.47 Å². The predicted octanol–water partition coefficient (Wildman–Crippen LogP) is 4.66. The lowest BCUT2D eigenvalue weighted by atomic mass is 9.88. The number of hydrogen-bond acceptors (Lipinski definition) is 3. The largest absolute Gasteiger partial charge is 0.465 e. The Balaban J connectivity index is 1.74. The molecule has 0 aliphatic carbocycles. The molecule has 0 spiro atoms. The van der Waals surface area contributed by atoms with Crippen molar-refractivity contribution >= 4 is 0 Å². The molecule has 2 atom stereocenters. The van der Waals surface area contributed by atoms with Gasteiger partial charge in [0.05, 0.1) is 0 Å². The van der Waals surface area contributed by atoms with Crippen molar-refractivity contribution in [2.45, 2.75) is 38.9 Å². The molecule has 0 radical (unpaired) electrons. The molecular weight excluding hydrogens is 310 g/mol. The van der Waals surface area contributed by atoms with Crippen LogP contribution in [0, 0.1) is 5.92 Å². The van der Waals surface area contributed by atoms with Crippen molar-refractivity contribution in [2.75, 3.05) is 20.2 Å². The third-order valence-corrected chi connectivity index (χ3v) is 4.95. The molecule has 3 nitrogen and oxygen atoms in total. The Labute approximate surface area is 151 Å². The molecule has 0 amide bonds. The Morgan fingerprint density at radius 3 is 2.60 bits per heavy atom. The average molecular weight is 339 g/mol. The summed E-state index contributed by atoms with van der Waals surface area (Å²) in [7, 11) is 1.68. The topological polar surface area (TPSA) is 30.5 Å². The molecule has 25 heavy (non-hydrogen) atoms. The molecule has 3 rings (SSSR count). The van der Waals surface area contributed by atoms with E-state index in [1.54, 1.807) is 7.11 Å². The Kier molecular flexibility index (Phi) is 6.48. The van der Waals surface area contributed by atoms with Crippen molar-refractivity contribution in [3.05, 3.63) is 54.1 Å². The first kappa shape index (κ1) is 18.0. The van der Waals surface area contributed by atoms with Crippen LogP contribution in [0.1, 0.15) is 31.7 Å². The molecule has 0 saturated carbocycles. The Morgan fingerprint density at radius 2 is 1.92 bits per heavy atom. The fraction of sp³-hybridized carbons (Fsp3) is 0.455. The molecular formula is C22H29NO2.